The zero-order valence-corrected chi connectivity index (χ0v) is 20.7. The Morgan fingerprint density at radius 1 is 1.21 bits per heavy atom. The summed E-state index contributed by atoms with van der Waals surface area (Å²) in [5.41, 5.74) is 0.0702. The van der Waals surface area contributed by atoms with Crippen LogP contribution in [0.15, 0.2) is 4.99 Å². The lowest BCUT2D eigenvalue weighted by Crippen LogP contribution is -2.52. The highest BCUT2D eigenvalue weighted by Gasteiger charge is 2.35. The molecule has 1 amide bonds. The van der Waals surface area contributed by atoms with Gasteiger partial charge in [-0.3, -0.25) is 9.79 Å². The van der Waals surface area contributed by atoms with Crippen molar-refractivity contribution in [2.24, 2.45) is 10.9 Å². The molecule has 7 nitrogen and oxygen atoms in total. The normalized spacial score (nSPS) is 25.2. The van der Waals surface area contributed by atoms with E-state index in [9.17, 15) is 4.79 Å². The van der Waals surface area contributed by atoms with Crippen molar-refractivity contribution in [1.29, 1.82) is 0 Å². The van der Waals surface area contributed by atoms with Crippen LogP contribution in [0.4, 0.5) is 0 Å². The van der Waals surface area contributed by atoms with E-state index >= 15 is 0 Å². The molecule has 0 aromatic heterocycles. The van der Waals surface area contributed by atoms with Crippen molar-refractivity contribution in [2.45, 2.75) is 63.5 Å². The van der Waals surface area contributed by atoms with Crippen LogP contribution in [0.3, 0.4) is 0 Å². The summed E-state index contributed by atoms with van der Waals surface area (Å²) in [4.78, 5) is 22.0. The molecule has 0 aromatic carbocycles. The summed E-state index contributed by atoms with van der Waals surface area (Å²) in [5.74, 6) is 1.52. The van der Waals surface area contributed by atoms with Crippen LogP contribution in [0, 0.1) is 5.92 Å². The number of aliphatic imine (C=N–C) groups is 1. The summed E-state index contributed by atoms with van der Waals surface area (Å²) in [6, 6.07) is 0.285. The van der Waals surface area contributed by atoms with Crippen LogP contribution in [-0.4, -0.2) is 86.7 Å². The average Bonchev–Trinajstić information content (AvgIpc) is 3.39. The van der Waals surface area contributed by atoms with Gasteiger partial charge in [-0.1, -0.05) is 12.8 Å². The maximum atomic E-state index is 12.7. The van der Waals surface area contributed by atoms with Crippen LogP contribution >= 0.6 is 24.0 Å². The molecule has 8 heteroatoms. The highest BCUT2D eigenvalue weighted by Crippen LogP contribution is 2.28. The monoisotopic (exact) mass is 521 g/mol. The first-order chi connectivity index (χ1) is 13.5. The fraction of sp³-hybridized carbons (Fsp3) is 0.905. The van der Waals surface area contributed by atoms with E-state index in [4.69, 9.17) is 9.73 Å². The molecular formula is C21H40IN5O2. The second kappa shape index (κ2) is 11.7. The molecule has 0 bridgehead atoms. The number of nitrogens with zero attached hydrogens (tertiary/aromatic N) is 3. The lowest BCUT2D eigenvalue weighted by molar-refractivity contribution is -0.134. The van der Waals surface area contributed by atoms with Gasteiger partial charge in [0.15, 0.2) is 5.96 Å². The summed E-state index contributed by atoms with van der Waals surface area (Å²) in [6.07, 6.45) is 7.59. The number of hydrogen-bond acceptors (Lipinski definition) is 4. The number of halogens is 1. The van der Waals surface area contributed by atoms with Gasteiger partial charge >= 0.3 is 0 Å². The minimum Gasteiger partial charge on any atom is -0.381 e. The van der Waals surface area contributed by atoms with E-state index in [1.807, 2.05) is 0 Å². The molecule has 0 spiro atoms. The van der Waals surface area contributed by atoms with Crippen LogP contribution in [0.25, 0.3) is 0 Å². The van der Waals surface area contributed by atoms with Crippen LogP contribution < -0.4 is 10.6 Å². The van der Waals surface area contributed by atoms with Crippen molar-refractivity contribution < 1.29 is 9.53 Å². The Morgan fingerprint density at radius 2 is 1.90 bits per heavy atom. The second-order valence-electron chi connectivity index (χ2n) is 8.82. The summed E-state index contributed by atoms with van der Waals surface area (Å²) in [7, 11) is 4.29. The number of carbonyl (C=O) groups is 1. The Morgan fingerprint density at radius 3 is 2.52 bits per heavy atom. The molecule has 0 aromatic rings. The minimum atomic E-state index is 0. The SMILES string of the molecule is CCNC(=NCC1(N(C)C)CCOCC1)NC1CCN(C(=O)C2CCCC2)C1.I. The maximum Gasteiger partial charge on any atom is 0.225 e. The standard InChI is InChI=1S/C21H39N5O2.HI/c1-4-22-20(23-16-21(25(2)3)10-13-28-14-11-21)24-18-9-12-26(15-18)19(27)17-7-5-6-8-17;/h17-18H,4-16H2,1-3H3,(H2,22,23,24);1H. The molecule has 1 aliphatic carbocycles. The van der Waals surface area contributed by atoms with Gasteiger partial charge in [-0.15, -0.1) is 24.0 Å². The number of hydrogen-bond donors (Lipinski definition) is 2. The molecular weight excluding hydrogens is 481 g/mol. The van der Waals surface area contributed by atoms with Gasteiger partial charge in [0.1, 0.15) is 0 Å². The van der Waals surface area contributed by atoms with Crippen LogP contribution in [0.1, 0.15) is 51.9 Å². The van der Waals surface area contributed by atoms with E-state index in [1.54, 1.807) is 0 Å². The smallest absolute Gasteiger partial charge is 0.225 e. The molecule has 1 saturated carbocycles. The molecule has 3 fully saturated rings. The number of likely N-dealkylation sites (N-methyl/N-ethyl adjacent to an activating group) is 1. The third-order valence-electron chi connectivity index (χ3n) is 6.79. The Hall–Kier alpha value is -0.610. The largest absolute Gasteiger partial charge is 0.381 e. The van der Waals surface area contributed by atoms with Gasteiger partial charge < -0.3 is 25.2 Å². The van der Waals surface area contributed by atoms with E-state index in [1.165, 1.54) is 12.8 Å². The Kier molecular flexibility index (Phi) is 9.94. The molecule has 2 heterocycles. The van der Waals surface area contributed by atoms with Crippen molar-refractivity contribution in [2.75, 3.05) is 53.5 Å². The first-order valence-corrected chi connectivity index (χ1v) is 11.1. The topological polar surface area (TPSA) is 69.2 Å². The van der Waals surface area contributed by atoms with E-state index in [2.05, 4.69) is 41.5 Å². The highest BCUT2D eigenvalue weighted by molar-refractivity contribution is 14.0. The second-order valence-corrected chi connectivity index (χ2v) is 8.82. The highest BCUT2D eigenvalue weighted by atomic mass is 127. The molecule has 3 aliphatic rings. The molecule has 2 N–H and O–H groups in total. The third kappa shape index (κ3) is 6.43. The lowest BCUT2D eigenvalue weighted by Gasteiger charge is -2.41. The number of guanidine groups is 1. The number of carbonyl (C=O) groups excluding carboxylic acids is 1. The molecule has 2 saturated heterocycles. The minimum absolute atomic E-state index is 0. The van der Waals surface area contributed by atoms with Crippen molar-refractivity contribution >= 4 is 35.8 Å². The molecule has 1 atom stereocenters. The van der Waals surface area contributed by atoms with Gasteiger partial charge in [-0.05, 0) is 53.1 Å². The van der Waals surface area contributed by atoms with Gasteiger partial charge in [-0.25, -0.2) is 0 Å². The van der Waals surface area contributed by atoms with Crippen LogP contribution in [-0.2, 0) is 9.53 Å². The van der Waals surface area contributed by atoms with Crippen molar-refractivity contribution in [3.05, 3.63) is 0 Å². The van der Waals surface area contributed by atoms with E-state index in [0.717, 1.165) is 77.5 Å². The average molecular weight is 521 g/mol. The van der Waals surface area contributed by atoms with Gasteiger partial charge in [0.05, 0.1) is 6.54 Å². The van der Waals surface area contributed by atoms with E-state index < -0.39 is 0 Å². The van der Waals surface area contributed by atoms with Gasteiger partial charge in [0.25, 0.3) is 0 Å². The molecule has 1 unspecified atom stereocenters. The fourth-order valence-electron chi connectivity index (χ4n) is 4.75. The molecule has 3 rings (SSSR count). The number of likely N-dealkylation sites (tertiary alicyclic amines) is 1. The third-order valence-corrected chi connectivity index (χ3v) is 6.79. The van der Waals surface area contributed by atoms with Gasteiger partial charge in [0.2, 0.25) is 5.91 Å². The predicted octanol–water partition coefficient (Wildman–Crippen LogP) is 2.06. The van der Waals surface area contributed by atoms with Crippen LogP contribution in [0.5, 0.6) is 0 Å². The zero-order chi connectivity index (χ0) is 20.0. The molecule has 168 valence electrons. The van der Waals surface area contributed by atoms with E-state index in [0.29, 0.717) is 5.91 Å². The van der Waals surface area contributed by atoms with E-state index in [-0.39, 0.29) is 41.5 Å². The van der Waals surface area contributed by atoms with Gasteiger partial charge in [0, 0.05) is 50.3 Å². The fourth-order valence-corrected chi connectivity index (χ4v) is 4.75. The van der Waals surface area contributed by atoms with Gasteiger partial charge in [-0.2, -0.15) is 0 Å². The Balaban J connectivity index is 0.00000300. The summed E-state index contributed by atoms with van der Waals surface area (Å²) in [6.45, 7) is 6.96. The molecule has 29 heavy (non-hydrogen) atoms. The predicted molar refractivity (Wildman–Crippen MR) is 128 cm³/mol. The molecule has 2 aliphatic heterocycles. The number of ether oxygens (including phenoxy) is 1. The number of nitrogens with one attached hydrogen (secondary N) is 2. The number of amides is 1. The first-order valence-electron chi connectivity index (χ1n) is 11.1. The number of rotatable bonds is 6. The first kappa shape index (κ1) is 24.7. The quantitative estimate of drug-likeness (QED) is 0.318. The Bertz CT molecular complexity index is 545. The Labute approximate surface area is 193 Å². The van der Waals surface area contributed by atoms with Crippen molar-refractivity contribution in [3.63, 3.8) is 0 Å². The maximum absolute atomic E-state index is 12.7. The van der Waals surface area contributed by atoms with Crippen LogP contribution in [0.2, 0.25) is 0 Å². The summed E-state index contributed by atoms with van der Waals surface area (Å²) < 4.78 is 5.57. The lowest BCUT2D eigenvalue weighted by atomic mass is 9.89. The summed E-state index contributed by atoms with van der Waals surface area (Å²) >= 11 is 0. The van der Waals surface area contributed by atoms with Crippen molar-refractivity contribution in [3.8, 4) is 0 Å². The summed E-state index contributed by atoms with van der Waals surface area (Å²) in [5, 5.41) is 6.97. The zero-order valence-electron chi connectivity index (χ0n) is 18.4. The van der Waals surface area contributed by atoms with Crippen molar-refractivity contribution in [1.82, 2.24) is 20.4 Å². The molecule has 0 radical (unpaired) electrons.